The summed E-state index contributed by atoms with van der Waals surface area (Å²) < 4.78 is 34.4. The quantitative estimate of drug-likeness (QED) is 0.740. The third kappa shape index (κ3) is 3.01. The van der Waals surface area contributed by atoms with Gasteiger partial charge in [-0.3, -0.25) is 0 Å². The van der Waals surface area contributed by atoms with Crippen molar-refractivity contribution in [2.75, 3.05) is 21.0 Å². The van der Waals surface area contributed by atoms with Gasteiger partial charge in [0, 0.05) is 5.56 Å². The summed E-state index contributed by atoms with van der Waals surface area (Å²) in [6.07, 6.45) is 1.99. The van der Waals surface area contributed by atoms with Crippen LogP contribution in [0, 0.1) is 0 Å². The van der Waals surface area contributed by atoms with Crippen LogP contribution < -0.4 is 28.4 Å². The predicted molar refractivity (Wildman–Crippen MR) is 99.5 cm³/mol. The Labute approximate surface area is 158 Å². The van der Waals surface area contributed by atoms with E-state index in [1.165, 1.54) is 0 Å². The first-order chi connectivity index (χ1) is 13.1. The Morgan fingerprint density at radius 1 is 1.00 bits per heavy atom. The SMILES string of the molecule is C=CCc1cc(OC)c2c(c1)O[C@H](c1cc(OC)c3c(c1)OCO3)[C@@H](C)O2. The lowest BCUT2D eigenvalue weighted by Crippen LogP contribution is -2.31. The van der Waals surface area contributed by atoms with Gasteiger partial charge in [-0.1, -0.05) is 6.08 Å². The molecule has 142 valence electrons. The fourth-order valence-corrected chi connectivity index (χ4v) is 3.40. The summed E-state index contributed by atoms with van der Waals surface area (Å²) >= 11 is 0. The number of allylic oxidation sites excluding steroid dienone is 1. The van der Waals surface area contributed by atoms with E-state index in [0.717, 1.165) is 11.1 Å². The third-order valence-corrected chi connectivity index (χ3v) is 4.67. The van der Waals surface area contributed by atoms with Gasteiger partial charge in [0.1, 0.15) is 6.10 Å². The van der Waals surface area contributed by atoms with Gasteiger partial charge in [-0.2, -0.15) is 0 Å². The van der Waals surface area contributed by atoms with Crippen molar-refractivity contribution >= 4 is 0 Å². The molecule has 2 aromatic rings. The fourth-order valence-electron chi connectivity index (χ4n) is 3.40. The Morgan fingerprint density at radius 3 is 2.52 bits per heavy atom. The molecule has 2 heterocycles. The van der Waals surface area contributed by atoms with Crippen LogP contribution in [0.15, 0.2) is 36.9 Å². The van der Waals surface area contributed by atoms with E-state index >= 15 is 0 Å². The zero-order chi connectivity index (χ0) is 19.0. The zero-order valence-electron chi connectivity index (χ0n) is 15.6. The van der Waals surface area contributed by atoms with Crippen molar-refractivity contribution in [1.82, 2.24) is 0 Å². The molecule has 0 saturated carbocycles. The Hall–Kier alpha value is -3.02. The van der Waals surface area contributed by atoms with Crippen LogP contribution in [0.1, 0.15) is 24.2 Å². The van der Waals surface area contributed by atoms with Gasteiger partial charge in [0.15, 0.2) is 29.1 Å². The molecule has 2 aliphatic heterocycles. The standard InChI is InChI=1S/C21H22O6/c1-5-6-13-7-15(22-3)21-18(8-13)27-19(12(2)26-21)14-9-16(23-4)20-17(10-14)24-11-25-20/h5,7-10,12,19H,1,6,11H2,2-4H3/t12-,19+/m1/s1. The summed E-state index contributed by atoms with van der Waals surface area (Å²) in [6, 6.07) is 7.71. The Balaban J connectivity index is 1.73. The second-order valence-corrected chi connectivity index (χ2v) is 6.44. The van der Waals surface area contributed by atoms with Crippen molar-refractivity contribution < 1.29 is 28.4 Å². The van der Waals surface area contributed by atoms with Crippen molar-refractivity contribution in [1.29, 1.82) is 0 Å². The maximum Gasteiger partial charge on any atom is 0.231 e. The van der Waals surface area contributed by atoms with E-state index in [2.05, 4.69) is 6.58 Å². The molecule has 0 aliphatic carbocycles. The second-order valence-electron chi connectivity index (χ2n) is 6.44. The predicted octanol–water partition coefficient (Wildman–Crippen LogP) is 4.06. The van der Waals surface area contributed by atoms with Gasteiger partial charge in [0.05, 0.1) is 14.2 Å². The molecular formula is C21H22O6. The zero-order valence-corrected chi connectivity index (χ0v) is 15.6. The summed E-state index contributed by atoms with van der Waals surface area (Å²) in [6.45, 7) is 5.94. The van der Waals surface area contributed by atoms with Gasteiger partial charge < -0.3 is 28.4 Å². The number of hydrogen-bond donors (Lipinski definition) is 0. The monoisotopic (exact) mass is 370 g/mol. The summed E-state index contributed by atoms with van der Waals surface area (Å²) in [5.41, 5.74) is 1.93. The molecule has 0 amide bonds. The smallest absolute Gasteiger partial charge is 0.231 e. The van der Waals surface area contributed by atoms with Crippen LogP contribution in [0.5, 0.6) is 34.5 Å². The minimum atomic E-state index is -0.329. The molecule has 2 aliphatic rings. The van der Waals surface area contributed by atoms with E-state index < -0.39 is 0 Å². The van der Waals surface area contributed by atoms with Crippen LogP contribution in [0.25, 0.3) is 0 Å². The van der Waals surface area contributed by atoms with Crippen molar-refractivity contribution in [2.45, 2.75) is 25.6 Å². The van der Waals surface area contributed by atoms with Gasteiger partial charge in [-0.05, 0) is 43.2 Å². The van der Waals surface area contributed by atoms with Crippen LogP contribution in [-0.2, 0) is 6.42 Å². The van der Waals surface area contributed by atoms with Crippen molar-refractivity contribution in [2.24, 2.45) is 0 Å². The first kappa shape index (κ1) is 17.4. The molecule has 0 radical (unpaired) electrons. The molecule has 6 nitrogen and oxygen atoms in total. The number of fused-ring (bicyclic) bond motifs is 2. The van der Waals surface area contributed by atoms with Crippen LogP contribution in [0.4, 0.5) is 0 Å². The molecule has 4 rings (SSSR count). The maximum atomic E-state index is 6.33. The summed E-state index contributed by atoms with van der Waals surface area (Å²) in [5.74, 6) is 3.77. The van der Waals surface area contributed by atoms with Gasteiger partial charge in [-0.15, -0.1) is 6.58 Å². The van der Waals surface area contributed by atoms with Gasteiger partial charge in [0.25, 0.3) is 0 Å². The van der Waals surface area contributed by atoms with Crippen LogP contribution in [0.2, 0.25) is 0 Å². The highest BCUT2D eigenvalue weighted by molar-refractivity contribution is 5.58. The minimum Gasteiger partial charge on any atom is -0.493 e. The number of hydrogen-bond acceptors (Lipinski definition) is 6. The highest BCUT2D eigenvalue weighted by Gasteiger charge is 2.34. The summed E-state index contributed by atoms with van der Waals surface area (Å²) in [4.78, 5) is 0. The molecule has 0 N–H and O–H groups in total. The van der Waals surface area contributed by atoms with E-state index in [0.29, 0.717) is 40.9 Å². The average molecular weight is 370 g/mol. The molecule has 0 bridgehead atoms. The van der Waals surface area contributed by atoms with Crippen LogP contribution in [-0.4, -0.2) is 27.1 Å². The number of methoxy groups -OCH3 is 2. The largest absolute Gasteiger partial charge is 0.493 e. The molecule has 0 spiro atoms. The van der Waals surface area contributed by atoms with Gasteiger partial charge in [0.2, 0.25) is 18.3 Å². The van der Waals surface area contributed by atoms with Crippen molar-refractivity contribution in [3.63, 3.8) is 0 Å². The second kappa shape index (κ2) is 6.95. The third-order valence-electron chi connectivity index (χ3n) is 4.67. The molecular weight excluding hydrogens is 348 g/mol. The lowest BCUT2D eigenvalue weighted by Gasteiger charge is -2.33. The van der Waals surface area contributed by atoms with Crippen LogP contribution in [0.3, 0.4) is 0 Å². The van der Waals surface area contributed by atoms with E-state index in [1.807, 2.05) is 37.3 Å². The van der Waals surface area contributed by atoms with Gasteiger partial charge >= 0.3 is 0 Å². The molecule has 0 aromatic heterocycles. The topological polar surface area (TPSA) is 55.4 Å². The first-order valence-electron chi connectivity index (χ1n) is 8.77. The molecule has 0 unspecified atom stereocenters. The number of rotatable bonds is 5. The summed E-state index contributed by atoms with van der Waals surface area (Å²) in [7, 11) is 3.22. The number of ether oxygens (including phenoxy) is 6. The van der Waals surface area contributed by atoms with Gasteiger partial charge in [-0.25, -0.2) is 0 Å². The molecule has 6 heteroatoms. The minimum absolute atomic E-state index is 0.178. The van der Waals surface area contributed by atoms with E-state index in [-0.39, 0.29) is 19.0 Å². The van der Waals surface area contributed by atoms with E-state index in [9.17, 15) is 0 Å². The lowest BCUT2D eigenvalue weighted by molar-refractivity contribution is 0.0279. The summed E-state index contributed by atoms with van der Waals surface area (Å²) in [5, 5.41) is 0. The highest BCUT2D eigenvalue weighted by atomic mass is 16.7. The first-order valence-corrected chi connectivity index (χ1v) is 8.77. The molecule has 27 heavy (non-hydrogen) atoms. The Kier molecular flexibility index (Phi) is 4.48. The molecule has 0 saturated heterocycles. The normalized spacial score (nSPS) is 19.5. The Bertz CT molecular complexity index is 875. The average Bonchev–Trinajstić information content (AvgIpc) is 3.15. The lowest BCUT2D eigenvalue weighted by atomic mass is 10.0. The van der Waals surface area contributed by atoms with Crippen molar-refractivity contribution in [3.8, 4) is 34.5 Å². The number of benzene rings is 2. The molecule has 2 atom stereocenters. The fraction of sp³-hybridized carbons (Fsp3) is 0.333. The molecule has 0 fully saturated rings. The molecule has 2 aromatic carbocycles. The van der Waals surface area contributed by atoms with Crippen LogP contribution >= 0.6 is 0 Å². The Morgan fingerprint density at radius 2 is 1.78 bits per heavy atom. The highest BCUT2D eigenvalue weighted by Crippen LogP contribution is 2.49. The van der Waals surface area contributed by atoms with E-state index in [4.69, 9.17) is 28.4 Å². The maximum absolute atomic E-state index is 6.33. The van der Waals surface area contributed by atoms with Crippen molar-refractivity contribution in [3.05, 3.63) is 48.0 Å². The van der Waals surface area contributed by atoms with E-state index in [1.54, 1.807) is 14.2 Å².